The highest BCUT2D eigenvalue weighted by Crippen LogP contribution is 2.43. The minimum absolute atomic E-state index is 0.485. The summed E-state index contributed by atoms with van der Waals surface area (Å²) in [5.74, 6) is 0. The Morgan fingerprint density at radius 2 is 1.68 bits per heavy atom. The molecule has 3 aromatic carbocycles. The average Bonchev–Trinajstić information content (AvgIpc) is 2.74. The number of rotatable bonds is 3. The number of likely N-dealkylation sites (N-methyl/N-ethyl adjacent to an activating group) is 1. The molecule has 3 heteroatoms. The molecular weight excluding hydrogens is 360 g/mol. The Morgan fingerprint density at radius 3 is 2.50 bits per heavy atom. The Bertz CT molecular complexity index is 1000. The minimum atomic E-state index is 0.485. The van der Waals surface area contributed by atoms with Gasteiger partial charge in [-0.05, 0) is 71.8 Å². The number of piperazine rings is 1. The van der Waals surface area contributed by atoms with Gasteiger partial charge in [0.1, 0.15) is 0 Å². The molecule has 1 atom stereocenters. The first-order chi connectivity index (χ1) is 13.8. The van der Waals surface area contributed by atoms with E-state index >= 15 is 0 Å². The number of hydrogen-bond donors (Lipinski definition) is 0. The molecule has 0 spiro atoms. The zero-order valence-electron chi connectivity index (χ0n) is 16.3. The normalized spacial score (nSPS) is 19.8. The number of thioether (sulfide) groups is 1. The molecule has 0 N–H and O–H groups in total. The van der Waals surface area contributed by atoms with Crippen LogP contribution in [0.1, 0.15) is 22.8 Å². The van der Waals surface area contributed by atoms with Crippen molar-refractivity contribution >= 4 is 34.3 Å². The molecule has 0 aromatic heterocycles. The summed E-state index contributed by atoms with van der Waals surface area (Å²) in [5.41, 5.74) is 4.21. The van der Waals surface area contributed by atoms with Gasteiger partial charge in [-0.2, -0.15) is 0 Å². The van der Waals surface area contributed by atoms with E-state index in [0.717, 1.165) is 32.6 Å². The molecule has 5 rings (SSSR count). The van der Waals surface area contributed by atoms with Gasteiger partial charge >= 0.3 is 0 Å². The van der Waals surface area contributed by atoms with Gasteiger partial charge in [-0.25, -0.2) is 0 Å². The average molecular weight is 387 g/mol. The standard InChI is InChI=1S/C25H26N2S/c1-26-12-14-27(15-13-26)22-11-10-19-16-20-6-5-9-25(24(20)18-21(19)17-22)28-23-7-3-2-4-8-23/h2-8,10-11,16-18,25H,9,12-15H2,1H3. The quantitative estimate of drug-likeness (QED) is 0.558. The van der Waals surface area contributed by atoms with Gasteiger partial charge in [0.15, 0.2) is 0 Å². The molecule has 1 aliphatic carbocycles. The van der Waals surface area contributed by atoms with Crippen molar-refractivity contribution in [2.24, 2.45) is 0 Å². The second-order valence-corrected chi connectivity index (χ2v) is 9.14. The molecule has 0 bridgehead atoms. The van der Waals surface area contributed by atoms with E-state index in [-0.39, 0.29) is 0 Å². The van der Waals surface area contributed by atoms with Crippen LogP contribution in [0, 0.1) is 0 Å². The van der Waals surface area contributed by atoms with Gasteiger partial charge in [0.05, 0.1) is 0 Å². The van der Waals surface area contributed by atoms with E-state index in [4.69, 9.17) is 0 Å². The summed E-state index contributed by atoms with van der Waals surface area (Å²) in [4.78, 5) is 6.28. The smallest absolute Gasteiger partial charge is 0.0385 e. The number of nitrogens with zero attached hydrogens (tertiary/aromatic N) is 2. The van der Waals surface area contributed by atoms with Crippen molar-refractivity contribution in [3.8, 4) is 0 Å². The van der Waals surface area contributed by atoms with Gasteiger partial charge < -0.3 is 9.80 Å². The van der Waals surface area contributed by atoms with E-state index in [1.54, 1.807) is 0 Å². The van der Waals surface area contributed by atoms with Crippen LogP contribution < -0.4 is 4.90 Å². The maximum absolute atomic E-state index is 2.52. The van der Waals surface area contributed by atoms with Gasteiger partial charge in [0, 0.05) is 42.0 Å². The zero-order valence-corrected chi connectivity index (χ0v) is 17.2. The maximum Gasteiger partial charge on any atom is 0.0385 e. The van der Waals surface area contributed by atoms with Crippen LogP contribution in [0.2, 0.25) is 0 Å². The van der Waals surface area contributed by atoms with Crippen LogP contribution in [-0.2, 0) is 0 Å². The van der Waals surface area contributed by atoms with E-state index in [1.165, 1.54) is 32.5 Å². The van der Waals surface area contributed by atoms with Crippen molar-refractivity contribution < 1.29 is 0 Å². The first-order valence-electron chi connectivity index (χ1n) is 10.2. The third-order valence-corrected chi connectivity index (χ3v) is 7.19. The molecule has 2 nitrogen and oxygen atoms in total. The Kier molecular flexibility index (Phi) is 4.87. The molecule has 1 aliphatic heterocycles. The second-order valence-electron chi connectivity index (χ2n) is 7.86. The number of anilines is 1. The maximum atomic E-state index is 2.52. The van der Waals surface area contributed by atoms with Crippen molar-refractivity contribution in [3.05, 3.63) is 77.9 Å². The molecular formula is C25H26N2S. The third-order valence-electron chi connectivity index (χ3n) is 5.91. The predicted molar refractivity (Wildman–Crippen MR) is 122 cm³/mol. The molecule has 2 aliphatic rings. The lowest BCUT2D eigenvalue weighted by atomic mass is 9.93. The minimum Gasteiger partial charge on any atom is -0.369 e. The van der Waals surface area contributed by atoms with Gasteiger partial charge in [0.25, 0.3) is 0 Å². The van der Waals surface area contributed by atoms with E-state index in [1.807, 2.05) is 11.8 Å². The topological polar surface area (TPSA) is 6.48 Å². The van der Waals surface area contributed by atoms with Crippen molar-refractivity contribution in [2.75, 3.05) is 38.1 Å². The Morgan fingerprint density at radius 1 is 0.857 bits per heavy atom. The van der Waals surface area contributed by atoms with E-state index in [9.17, 15) is 0 Å². The highest BCUT2D eigenvalue weighted by atomic mass is 32.2. The lowest BCUT2D eigenvalue weighted by Crippen LogP contribution is -2.44. The van der Waals surface area contributed by atoms with Gasteiger partial charge in [0.2, 0.25) is 0 Å². The summed E-state index contributed by atoms with van der Waals surface area (Å²) in [6.07, 6.45) is 5.72. The fraction of sp³-hybridized carbons (Fsp3) is 0.280. The van der Waals surface area contributed by atoms with Crippen molar-refractivity contribution in [3.63, 3.8) is 0 Å². The van der Waals surface area contributed by atoms with Gasteiger partial charge in [-0.15, -0.1) is 11.8 Å². The molecule has 1 unspecified atom stereocenters. The number of allylic oxidation sites excluding steroid dienone is 1. The Hall–Kier alpha value is -2.23. The summed E-state index contributed by atoms with van der Waals surface area (Å²) in [7, 11) is 2.21. The van der Waals surface area contributed by atoms with Crippen LogP contribution in [-0.4, -0.2) is 38.1 Å². The third kappa shape index (κ3) is 3.57. The van der Waals surface area contributed by atoms with Crippen molar-refractivity contribution in [1.29, 1.82) is 0 Å². The van der Waals surface area contributed by atoms with Crippen LogP contribution in [0.3, 0.4) is 0 Å². The van der Waals surface area contributed by atoms with Crippen LogP contribution in [0.15, 0.2) is 71.6 Å². The zero-order chi connectivity index (χ0) is 18.9. The molecule has 0 saturated carbocycles. The first-order valence-corrected chi connectivity index (χ1v) is 11.0. The summed E-state index contributed by atoms with van der Waals surface area (Å²) >= 11 is 1.98. The van der Waals surface area contributed by atoms with Crippen molar-refractivity contribution in [2.45, 2.75) is 16.6 Å². The number of fused-ring (bicyclic) bond motifs is 2. The van der Waals surface area contributed by atoms with Crippen LogP contribution >= 0.6 is 11.8 Å². The van der Waals surface area contributed by atoms with Gasteiger partial charge in [-0.3, -0.25) is 0 Å². The Balaban J connectivity index is 1.48. The monoisotopic (exact) mass is 386 g/mol. The lowest BCUT2D eigenvalue weighted by Gasteiger charge is -2.34. The summed E-state index contributed by atoms with van der Waals surface area (Å²) in [6, 6.07) is 22.6. The van der Waals surface area contributed by atoms with Crippen molar-refractivity contribution in [1.82, 2.24) is 4.90 Å². The van der Waals surface area contributed by atoms with Crippen LogP contribution in [0.5, 0.6) is 0 Å². The second kappa shape index (κ2) is 7.65. The number of benzene rings is 3. The fourth-order valence-corrected chi connectivity index (χ4v) is 5.41. The SMILES string of the molecule is CN1CCN(c2ccc3cc4c(cc3c2)C(Sc2ccccc2)CC=C4)CC1. The highest BCUT2D eigenvalue weighted by Gasteiger charge is 2.20. The van der Waals surface area contributed by atoms with E-state index in [2.05, 4.69) is 89.7 Å². The molecule has 0 amide bonds. The molecule has 0 radical (unpaired) electrons. The van der Waals surface area contributed by atoms with E-state index in [0.29, 0.717) is 5.25 Å². The predicted octanol–water partition coefficient (Wildman–Crippen LogP) is 5.84. The lowest BCUT2D eigenvalue weighted by molar-refractivity contribution is 0.313. The molecule has 1 heterocycles. The molecule has 142 valence electrons. The van der Waals surface area contributed by atoms with Gasteiger partial charge in [-0.1, -0.05) is 36.4 Å². The fourth-order valence-electron chi connectivity index (χ4n) is 4.23. The molecule has 1 fully saturated rings. The summed E-state index contributed by atoms with van der Waals surface area (Å²) in [6.45, 7) is 4.51. The molecule has 3 aromatic rings. The largest absolute Gasteiger partial charge is 0.369 e. The van der Waals surface area contributed by atoms with E-state index < -0.39 is 0 Å². The summed E-state index contributed by atoms with van der Waals surface area (Å²) in [5, 5.41) is 3.19. The molecule has 28 heavy (non-hydrogen) atoms. The van der Waals surface area contributed by atoms with Crippen LogP contribution in [0.4, 0.5) is 5.69 Å². The molecule has 1 saturated heterocycles. The first kappa shape index (κ1) is 17.8. The highest BCUT2D eigenvalue weighted by molar-refractivity contribution is 7.99. The summed E-state index contributed by atoms with van der Waals surface area (Å²) < 4.78 is 0. The number of hydrogen-bond acceptors (Lipinski definition) is 3. The Labute approximate surface area is 171 Å². The van der Waals surface area contributed by atoms with Crippen LogP contribution in [0.25, 0.3) is 16.8 Å².